The molecule has 5 nitrogen and oxygen atoms in total. The number of fused-ring (bicyclic) bond motifs is 1. The fourth-order valence-electron chi connectivity index (χ4n) is 4.03. The zero-order valence-corrected chi connectivity index (χ0v) is 16.9. The summed E-state index contributed by atoms with van der Waals surface area (Å²) < 4.78 is 33.1. The second-order valence-electron chi connectivity index (χ2n) is 8.29. The summed E-state index contributed by atoms with van der Waals surface area (Å²) in [5.74, 6) is -2.32. The molecular formula is C22H27F2N3O2. The van der Waals surface area contributed by atoms with Crippen molar-refractivity contribution in [2.24, 2.45) is 0 Å². The third-order valence-electron chi connectivity index (χ3n) is 5.88. The van der Waals surface area contributed by atoms with Crippen LogP contribution in [0.4, 0.5) is 8.78 Å². The van der Waals surface area contributed by atoms with Crippen molar-refractivity contribution in [2.75, 3.05) is 26.2 Å². The first-order valence-electron chi connectivity index (χ1n) is 10.3. The minimum Gasteiger partial charge on any atom is -0.487 e. The van der Waals surface area contributed by atoms with Gasteiger partial charge in [-0.15, -0.1) is 0 Å². The molecule has 7 heteroatoms. The Morgan fingerprint density at radius 2 is 1.93 bits per heavy atom. The van der Waals surface area contributed by atoms with Crippen LogP contribution < -0.4 is 4.74 Å². The summed E-state index contributed by atoms with van der Waals surface area (Å²) in [5, 5.41) is 0.892. The summed E-state index contributed by atoms with van der Waals surface area (Å²) in [6.07, 6.45) is 0.451. The number of benzene rings is 1. The van der Waals surface area contributed by atoms with Crippen molar-refractivity contribution in [3.63, 3.8) is 0 Å². The van der Waals surface area contributed by atoms with Gasteiger partial charge in [0.15, 0.2) is 0 Å². The highest BCUT2D eigenvalue weighted by molar-refractivity contribution is 5.96. The van der Waals surface area contributed by atoms with Gasteiger partial charge in [-0.05, 0) is 32.4 Å². The molecule has 2 aliphatic heterocycles. The minimum atomic E-state index is -2.68. The Hall–Kier alpha value is -2.28. The summed E-state index contributed by atoms with van der Waals surface area (Å²) in [4.78, 5) is 21.2. The first-order chi connectivity index (χ1) is 13.8. The first kappa shape index (κ1) is 20.0. The van der Waals surface area contributed by atoms with E-state index < -0.39 is 5.92 Å². The van der Waals surface area contributed by atoms with Crippen molar-refractivity contribution >= 4 is 16.8 Å². The molecule has 1 aromatic heterocycles. The smallest absolute Gasteiger partial charge is 0.272 e. The molecule has 2 saturated heterocycles. The van der Waals surface area contributed by atoms with E-state index >= 15 is 0 Å². The molecule has 2 aromatic rings. The molecule has 1 atom stereocenters. The number of para-hydroxylation sites is 1. The normalized spacial score (nSPS) is 22.4. The van der Waals surface area contributed by atoms with Crippen LogP contribution in [0.5, 0.6) is 5.75 Å². The van der Waals surface area contributed by atoms with Crippen LogP contribution in [0.3, 0.4) is 0 Å². The Labute approximate surface area is 169 Å². The largest absolute Gasteiger partial charge is 0.487 e. The van der Waals surface area contributed by atoms with E-state index in [-0.39, 0.29) is 43.6 Å². The van der Waals surface area contributed by atoms with E-state index in [4.69, 9.17) is 4.74 Å². The lowest BCUT2D eigenvalue weighted by atomic mass is 10.1. The number of carbonyl (C=O) groups excluding carboxylic acids is 1. The number of hydrogen-bond donors (Lipinski definition) is 0. The van der Waals surface area contributed by atoms with Crippen LogP contribution in [0.1, 0.15) is 43.6 Å². The van der Waals surface area contributed by atoms with Crippen molar-refractivity contribution in [3.8, 4) is 5.75 Å². The van der Waals surface area contributed by atoms with Gasteiger partial charge in [-0.25, -0.2) is 13.8 Å². The zero-order chi connectivity index (χ0) is 20.6. The number of aromatic nitrogens is 1. The molecule has 0 bridgehead atoms. The number of nitrogens with zero attached hydrogens (tertiary/aromatic N) is 3. The molecule has 29 heavy (non-hydrogen) atoms. The van der Waals surface area contributed by atoms with Crippen molar-refractivity contribution in [2.45, 2.75) is 51.2 Å². The molecule has 1 amide bonds. The van der Waals surface area contributed by atoms with Crippen molar-refractivity contribution in [3.05, 3.63) is 36.0 Å². The number of alkyl halides is 2. The van der Waals surface area contributed by atoms with Gasteiger partial charge in [-0.2, -0.15) is 0 Å². The number of amides is 1. The zero-order valence-electron chi connectivity index (χ0n) is 16.9. The number of likely N-dealkylation sites (tertiary alicyclic amines) is 2. The maximum atomic E-state index is 13.4. The molecule has 1 aromatic carbocycles. The summed E-state index contributed by atoms with van der Waals surface area (Å²) >= 11 is 0. The number of pyridine rings is 1. The molecule has 0 N–H and O–H groups in total. The molecule has 2 fully saturated rings. The number of halogens is 2. The molecule has 156 valence electrons. The van der Waals surface area contributed by atoms with Crippen LogP contribution in [-0.4, -0.2) is 64.9 Å². The van der Waals surface area contributed by atoms with Gasteiger partial charge in [0.25, 0.3) is 11.8 Å². The summed E-state index contributed by atoms with van der Waals surface area (Å²) in [5.41, 5.74) is 0.915. The Kier molecular flexibility index (Phi) is 5.42. The Morgan fingerprint density at radius 3 is 2.62 bits per heavy atom. The van der Waals surface area contributed by atoms with Gasteiger partial charge < -0.3 is 9.64 Å². The fourth-order valence-corrected chi connectivity index (χ4v) is 4.03. The lowest BCUT2D eigenvalue weighted by Gasteiger charge is -2.31. The van der Waals surface area contributed by atoms with Crippen LogP contribution in [0.25, 0.3) is 10.9 Å². The molecule has 0 radical (unpaired) electrons. The van der Waals surface area contributed by atoms with E-state index in [2.05, 4.69) is 23.7 Å². The fraction of sp³-hybridized carbons (Fsp3) is 0.545. The van der Waals surface area contributed by atoms with Crippen LogP contribution in [0, 0.1) is 0 Å². The average molecular weight is 403 g/mol. The molecular weight excluding hydrogens is 376 g/mol. The topological polar surface area (TPSA) is 45.7 Å². The maximum absolute atomic E-state index is 13.4. The number of ether oxygens (including phenoxy) is 1. The molecule has 1 unspecified atom stereocenters. The van der Waals surface area contributed by atoms with E-state index in [0.717, 1.165) is 24.9 Å². The van der Waals surface area contributed by atoms with E-state index in [0.29, 0.717) is 17.3 Å². The number of hydrogen-bond acceptors (Lipinski definition) is 4. The monoisotopic (exact) mass is 403 g/mol. The molecule has 4 rings (SSSR count). The standard InChI is InChI=1S/C22H27F2N3O2/c1-15(2)27-11-8-17(14-27)29-19-5-3-4-16-6-7-18(25-20(16)19)21(28)26-12-9-22(23,24)10-13-26/h3-7,15,17H,8-14H2,1-2H3. The second-order valence-corrected chi connectivity index (χ2v) is 8.29. The number of carbonyl (C=O) groups is 1. The van der Waals surface area contributed by atoms with Crippen molar-refractivity contribution in [1.82, 2.24) is 14.8 Å². The lowest BCUT2D eigenvalue weighted by Crippen LogP contribution is -2.43. The molecule has 3 heterocycles. The highest BCUT2D eigenvalue weighted by Gasteiger charge is 2.36. The number of rotatable bonds is 4. The first-order valence-corrected chi connectivity index (χ1v) is 10.3. The molecule has 0 spiro atoms. The molecule has 0 saturated carbocycles. The van der Waals surface area contributed by atoms with Gasteiger partial charge in [0.1, 0.15) is 23.1 Å². The SMILES string of the molecule is CC(C)N1CCC(Oc2cccc3ccc(C(=O)N4CCC(F)(F)CC4)nc23)C1. The van der Waals surface area contributed by atoms with Crippen LogP contribution in [0.15, 0.2) is 30.3 Å². The summed E-state index contributed by atoms with van der Waals surface area (Å²) in [7, 11) is 0. The van der Waals surface area contributed by atoms with Gasteiger partial charge in [-0.3, -0.25) is 9.69 Å². The third kappa shape index (κ3) is 4.34. The quantitative estimate of drug-likeness (QED) is 0.775. The third-order valence-corrected chi connectivity index (χ3v) is 5.88. The van der Waals surface area contributed by atoms with E-state index in [1.54, 1.807) is 6.07 Å². The summed E-state index contributed by atoms with van der Waals surface area (Å²) in [6, 6.07) is 9.72. The Balaban J connectivity index is 1.54. The van der Waals surface area contributed by atoms with Gasteiger partial charge >= 0.3 is 0 Å². The van der Waals surface area contributed by atoms with E-state index in [1.165, 1.54) is 4.90 Å². The van der Waals surface area contributed by atoms with Gasteiger partial charge in [0.2, 0.25) is 0 Å². The predicted octanol–water partition coefficient (Wildman–Crippen LogP) is 3.97. The average Bonchev–Trinajstić information content (AvgIpc) is 3.16. The van der Waals surface area contributed by atoms with Crippen molar-refractivity contribution < 1.29 is 18.3 Å². The summed E-state index contributed by atoms with van der Waals surface area (Å²) in [6.45, 7) is 6.33. The van der Waals surface area contributed by atoms with Gasteiger partial charge in [0, 0.05) is 50.4 Å². The van der Waals surface area contributed by atoms with E-state index in [9.17, 15) is 13.6 Å². The van der Waals surface area contributed by atoms with Gasteiger partial charge in [-0.1, -0.05) is 18.2 Å². The lowest BCUT2D eigenvalue weighted by molar-refractivity contribution is -0.0495. The van der Waals surface area contributed by atoms with Crippen LogP contribution >= 0.6 is 0 Å². The van der Waals surface area contributed by atoms with Gasteiger partial charge in [0.05, 0.1) is 0 Å². The maximum Gasteiger partial charge on any atom is 0.272 e. The minimum absolute atomic E-state index is 0.0524. The molecule has 2 aliphatic rings. The Morgan fingerprint density at radius 1 is 1.17 bits per heavy atom. The Bertz CT molecular complexity index is 893. The van der Waals surface area contributed by atoms with Crippen LogP contribution in [-0.2, 0) is 0 Å². The predicted molar refractivity (Wildman–Crippen MR) is 108 cm³/mol. The second kappa shape index (κ2) is 7.86. The van der Waals surface area contributed by atoms with Crippen molar-refractivity contribution in [1.29, 1.82) is 0 Å². The van der Waals surface area contributed by atoms with E-state index in [1.807, 2.05) is 24.3 Å². The highest BCUT2D eigenvalue weighted by Crippen LogP contribution is 2.30. The number of piperidine rings is 1. The van der Waals surface area contributed by atoms with Crippen LogP contribution in [0.2, 0.25) is 0 Å². The highest BCUT2D eigenvalue weighted by atomic mass is 19.3. The molecule has 0 aliphatic carbocycles.